The van der Waals surface area contributed by atoms with Gasteiger partial charge in [0.25, 0.3) is 0 Å². The van der Waals surface area contributed by atoms with Gasteiger partial charge in [-0.05, 0) is 31.6 Å². The molecule has 0 aromatic carbocycles. The Morgan fingerprint density at radius 2 is 1.88 bits per heavy atom. The van der Waals surface area contributed by atoms with Crippen molar-refractivity contribution in [2.45, 2.75) is 57.6 Å². The van der Waals surface area contributed by atoms with E-state index < -0.39 is 0 Å². The van der Waals surface area contributed by atoms with Gasteiger partial charge in [-0.2, -0.15) is 0 Å². The molecule has 17 heavy (non-hydrogen) atoms. The van der Waals surface area contributed by atoms with Crippen LogP contribution in [0.1, 0.15) is 45.4 Å². The van der Waals surface area contributed by atoms with E-state index in [4.69, 9.17) is 9.47 Å². The van der Waals surface area contributed by atoms with Gasteiger partial charge in [-0.3, -0.25) is 0 Å². The number of rotatable bonds is 5. The van der Waals surface area contributed by atoms with Crippen LogP contribution >= 0.6 is 0 Å². The van der Waals surface area contributed by atoms with E-state index in [0.717, 1.165) is 45.1 Å². The molecule has 0 radical (unpaired) electrons. The maximum absolute atomic E-state index is 5.99. The van der Waals surface area contributed by atoms with Gasteiger partial charge >= 0.3 is 0 Å². The molecule has 100 valence electrons. The highest BCUT2D eigenvalue weighted by molar-refractivity contribution is 4.73. The van der Waals surface area contributed by atoms with Gasteiger partial charge < -0.3 is 14.8 Å². The second-order valence-corrected chi connectivity index (χ2v) is 5.51. The molecular weight excluding hydrogens is 214 g/mol. The Hall–Kier alpha value is -0.120. The van der Waals surface area contributed by atoms with Crippen LogP contribution in [0, 0.1) is 5.92 Å². The summed E-state index contributed by atoms with van der Waals surface area (Å²) in [5.41, 5.74) is 0. The molecule has 1 N–H and O–H groups in total. The van der Waals surface area contributed by atoms with Gasteiger partial charge in [0.1, 0.15) is 0 Å². The van der Waals surface area contributed by atoms with Gasteiger partial charge in [-0.15, -0.1) is 0 Å². The number of hydrogen-bond acceptors (Lipinski definition) is 3. The fraction of sp³-hybridized carbons (Fsp3) is 1.00. The van der Waals surface area contributed by atoms with E-state index >= 15 is 0 Å². The second-order valence-electron chi connectivity index (χ2n) is 5.51. The van der Waals surface area contributed by atoms with E-state index in [9.17, 15) is 0 Å². The predicted octanol–water partition coefficient (Wildman–Crippen LogP) is 2.35. The van der Waals surface area contributed by atoms with Crippen LogP contribution in [-0.4, -0.2) is 38.5 Å². The third kappa shape index (κ3) is 4.57. The summed E-state index contributed by atoms with van der Waals surface area (Å²) in [6.07, 6.45) is 8.17. The zero-order chi connectivity index (χ0) is 11.9. The van der Waals surface area contributed by atoms with Crippen LogP contribution in [0.4, 0.5) is 0 Å². The fourth-order valence-corrected chi connectivity index (χ4v) is 2.90. The zero-order valence-corrected chi connectivity index (χ0v) is 11.1. The molecule has 1 heterocycles. The van der Waals surface area contributed by atoms with Gasteiger partial charge in [-0.1, -0.05) is 19.8 Å². The van der Waals surface area contributed by atoms with Gasteiger partial charge in [-0.25, -0.2) is 0 Å². The van der Waals surface area contributed by atoms with Crippen molar-refractivity contribution in [1.82, 2.24) is 5.32 Å². The van der Waals surface area contributed by atoms with Gasteiger partial charge in [0.15, 0.2) is 0 Å². The Morgan fingerprint density at radius 3 is 2.65 bits per heavy atom. The topological polar surface area (TPSA) is 30.5 Å². The summed E-state index contributed by atoms with van der Waals surface area (Å²) < 4.78 is 11.3. The lowest BCUT2D eigenvalue weighted by atomic mass is 9.88. The number of nitrogens with one attached hydrogen (secondary N) is 1. The molecule has 2 fully saturated rings. The summed E-state index contributed by atoms with van der Waals surface area (Å²) in [6.45, 7) is 6.02. The van der Waals surface area contributed by atoms with Crippen LogP contribution in [0.5, 0.6) is 0 Å². The Labute approximate surface area is 105 Å². The maximum atomic E-state index is 5.99. The molecule has 1 aliphatic heterocycles. The molecular formula is C14H27NO2. The first-order valence-corrected chi connectivity index (χ1v) is 7.29. The molecule has 0 amide bonds. The lowest BCUT2D eigenvalue weighted by molar-refractivity contribution is -0.00553. The molecule has 0 aromatic heterocycles. The minimum atomic E-state index is 0.514. The number of hydrogen-bond donors (Lipinski definition) is 1. The van der Waals surface area contributed by atoms with Crippen LogP contribution in [0.15, 0.2) is 0 Å². The lowest BCUT2D eigenvalue weighted by Gasteiger charge is -2.29. The average Bonchev–Trinajstić information content (AvgIpc) is 2.38. The largest absolute Gasteiger partial charge is 0.381 e. The highest BCUT2D eigenvalue weighted by Crippen LogP contribution is 2.25. The summed E-state index contributed by atoms with van der Waals surface area (Å²) in [4.78, 5) is 0. The van der Waals surface area contributed by atoms with Gasteiger partial charge in [0.05, 0.1) is 12.7 Å². The molecule has 0 spiro atoms. The quantitative estimate of drug-likeness (QED) is 0.750. The molecule has 1 saturated heterocycles. The van der Waals surface area contributed by atoms with Crippen LogP contribution in [0.3, 0.4) is 0 Å². The first-order valence-electron chi connectivity index (χ1n) is 7.29. The minimum Gasteiger partial charge on any atom is -0.381 e. The Balaban J connectivity index is 1.53. The molecule has 2 aliphatic rings. The van der Waals surface area contributed by atoms with Gasteiger partial charge in [0, 0.05) is 25.8 Å². The van der Waals surface area contributed by atoms with E-state index in [1.54, 1.807) is 0 Å². The van der Waals surface area contributed by atoms with Crippen LogP contribution in [0.25, 0.3) is 0 Å². The fourth-order valence-electron chi connectivity index (χ4n) is 2.90. The summed E-state index contributed by atoms with van der Waals surface area (Å²) in [5, 5.41) is 3.57. The first-order chi connectivity index (χ1) is 8.36. The molecule has 2 unspecified atom stereocenters. The van der Waals surface area contributed by atoms with E-state index in [0.29, 0.717) is 12.1 Å². The van der Waals surface area contributed by atoms with Gasteiger partial charge in [0.2, 0.25) is 0 Å². The third-order valence-corrected chi connectivity index (χ3v) is 4.12. The van der Waals surface area contributed by atoms with Crippen LogP contribution in [0.2, 0.25) is 0 Å². The average molecular weight is 241 g/mol. The van der Waals surface area contributed by atoms with E-state index in [2.05, 4.69) is 12.2 Å². The van der Waals surface area contributed by atoms with Crippen molar-refractivity contribution in [2.75, 3.05) is 26.4 Å². The van der Waals surface area contributed by atoms with Crippen molar-refractivity contribution >= 4 is 0 Å². The normalized spacial score (nSPS) is 31.6. The standard InChI is InChI=1S/C14H27NO2/c1-12-4-2-3-5-14(12)17-11-8-15-13-6-9-16-10-7-13/h12-15H,2-11H2,1H3. The monoisotopic (exact) mass is 241 g/mol. The van der Waals surface area contributed by atoms with Crippen LogP contribution < -0.4 is 5.32 Å². The summed E-state index contributed by atoms with van der Waals surface area (Å²) in [6, 6.07) is 0.649. The molecule has 0 aromatic rings. The molecule has 1 saturated carbocycles. The van der Waals surface area contributed by atoms with Crippen molar-refractivity contribution in [2.24, 2.45) is 5.92 Å². The van der Waals surface area contributed by atoms with Crippen LogP contribution in [-0.2, 0) is 9.47 Å². The smallest absolute Gasteiger partial charge is 0.0601 e. The van der Waals surface area contributed by atoms with Crippen molar-refractivity contribution in [3.8, 4) is 0 Å². The summed E-state index contributed by atoms with van der Waals surface area (Å²) >= 11 is 0. The van der Waals surface area contributed by atoms with E-state index in [1.165, 1.54) is 25.7 Å². The molecule has 3 nitrogen and oxygen atoms in total. The number of ether oxygens (including phenoxy) is 2. The highest BCUT2D eigenvalue weighted by atomic mass is 16.5. The van der Waals surface area contributed by atoms with E-state index in [1.807, 2.05) is 0 Å². The molecule has 2 rings (SSSR count). The summed E-state index contributed by atoms with van der Waals surface area (Å²) in [7, 11) is 0. The summed E-state index contributed by atoms with van der Waals surface area (Å²) in [5.74, 6) is 0.756. The Kier molecular flexibility index (Phi) is 5.75. The Bertz CT molecular complexity index is 204. The maximum Gasteiger partial charge on any atom is 0.0601 e. The second kappa shape index (κ2) is 7.34. The van der Waals surface area contributed by atoms with Crippen molar-refractivity contribution < 1.29 is 9.47 Å². The molecule has 2 atom stereocenters. The third-order valence-electron chi connectivity index (χ3n) is 4.12. The lowest BCUT2D eigenvalue weighted by Crippen LogP contribution is -2.37. The van der Waals surface area contributed by atoms with Crippen molar-refractivity contribution in [3.63, 3.8) is 0 Å². The molecule has 1 aliphatic carbocycles. The minimum absolute atomic E-state index is 0.514. The van der Waals surface area contributed by atoms with E-state index in [-0.39, 0.29) is 0 Å². The highest BCUT2D eigenvalue weighted by Gasteiger charge is 2.21. The SMILES string of the molecule is CC1CCCCC1OCCNC1CCOCC1. The van der Waals surface area contributed by atoms with Crippen molar-refractivity contribution in [3.05, 3.63) is 0 Å². The zero-order valence-electron chi connectivity index (χ0n) is 11.1. The first kappa shape index (κ1) is 13.3. The molecule has 0 bridgehead atoms. The predicted molar refractivity (Wildman–Crippen MR) is 69.2 cm³/mol. The Morgan fingerprint density at radius 1 is 1.12 bits per heavy atom. The van der Waals surface area contributed by atoms with Crippen molar-refractivity contribution in [1.29, 1.82) is 0 Å². The molecule has 3 heteroatoms.